The van der Waals surface area contributed by atoms with E-state index in [0.717, 1.165) is 23.6 Å². The van der Waals surface area contributed by atoms with Crippen LogP contribution in [0.4, 0.5) is 8.78 Å². The second-order valence-corrected chi connectivity index (χ2v) is 9.19. The number of carbonyl (C=O) groups excluding carboxylic acids is 1. The molecule has 0 aliphatic heterocycles. The Hall–Kier alpha value is -4.92. The van der Waals surface area contributed by atoms with Gasteiger partial charge >= 0.3 is 11.6 Å². The van der Waals surface area contributed by atoms with Gasteiger partial charge in [-0.2, -0.15) is 0 Å². The number of esters is 1. The van der Waals surface area contributed by atoms with Crippen molar-refractivity contribution in [2.75, 3.05) is 13.7 Å². The Morgan fingerprint density at radius 3 is 2.58 bits per heavy atom. The van der Waals surface area contributed by atoms with Gasteiger partial charge in [0.05, 0.1) is 25.2 Å². The zero-order chi connectivity index (χ0) is 28.4. The number of aryl methyl sites for hydroxylation is 1. The van der Waals surface area contributed by atoms with E-state index in [2.05, 4.69) is 4.98 Å². The highest BCUT2D eigenvalue weighted by Crippen LogP contribution is 2.40. The Kier molecular flexibility index (Phi) is 7.37. The van der Waals surface area contributed by atoms with E-state index in [0.29, 0.717) is 22.5 Å². The predicted octanol–water partition coefficient (Wildman–Crippen LogP) is 6.00. The summed E-state index contributed by atoms with van der Waals surface area (Å²) < 4.78 is 45.7. The number of methoxy groups -OCH3 is 1. The van der Waals surface area contributed by atoms with E-state index in [9.17, 15) is 19.1 Å². The van der Waals surface area contributed by atoms with Crippen LogP contribution in [0.3, 0.4) is 0 Å². The average Bonchev–Trinajstić information content (AvgIpc) is 3.30. The summed E-state index contributed by atoms with van der Waals surface area (Å²) >= 11 is 0. The monoisotopic (exact) mass is 545 g/mol. The molecule has 9 heteroatoms. The quantitative estimate of drug-likeness (QED) is 0.232. The Labute approximate surface area is 227 Å². The maximum atomic E-state index is 15.3. The second-order valence-electron chi connectivity index (χ2n) is 9.19. The van der Waals surface area contributed by atoms with Gasteiger partial charge in [0.15, 0.2) is 0 Å². The molecule has 0 aliphatic carbocycles. The molecular formula is C31H25F2NO6. The zero-order valence-corrected chi connectivity index (χ0v) is 21.7. The first-order valence-electron chi connectivity index (χ1n) is 12.5. The van der Waals surface area contributed by atoms with Crippen molar-refractivity contribution in [1.29, 1.82) is 0 Å². The summed E-state index contributed by atoms with van der Waals surface area (Å²) in [6, 6.07) is 18.0. The van der Waals surface area contributed by atoms with Gasteiger partial charge in [-0.05, 0) is 48.9 Å². The molecule has 5 aromatic rings. The lowest BCUT2D eigenvalue weighted by Crippen LogP contribution is -2.19. The highest BCUT2D eigenvalue weighted by Gasteiger charge is 2.31. The van der Waals surface area contributed by atoms with Gasteiger partial charge < -0.3 is 24.0 Å². The molecule has 0 saturated carbocycles. The maximum absolute atomic E-state index is 15.3. The summed E-state index contributed by atoms with van der Waals surface area (Å²) in [5.74, 6) is -3.26. The minimum atomic E-state index is -1.26. The van der Waals surface area contributed by atoms with Crippen LogP contribution in [0.2, 0.25) is 0 Å². The van der Waals surface area contributed by atoms with Crippen LogP contribution in [0.1, 0.15) is 44.4 Å². The van der Waals surface area contributed by atoms with Crippen molar-refractivity contribution in [2.24, 2.45) is 0 Å². The van der Waals surface area contributed by atoms with Gasteiger partial charge in [0.1, 0.15) is 34.5 Å². The predicted molar refractivity (Wildman–Crippen MR) is 144 cm³/mol. The van der Waals surface area contributed by atoms with Crippen molar-refractivity contribution in [1.82, 2.24) is 4.98 Å². The SMILES string of the molecule is COc1ccccc1C(=O)OCCc1c(C(c2cc(F)ccc2F)c2c(O)cc(C)oc2=O)[nH]c2ccccc12. The van der Waals surface area contributed by atoms with Gasteiger partial charge in [0, 0.05) is 34.6 Å². The number of hydrogen-bond donors (Lipinski definition) is 2. The molecular weight excluding hydrogens is 520 g/mol. The number of H-pyrrole nitrogens is 1. The average molecular weight is 546 g/mol. The van der Waals surface area contributed by atoms with Crippen LogP contribution in [0, 0.1) is 18.6 Å². The molecule has 2 aromatic heterocycles. The van der Waals surface area contributed by atoms with Crippen molar-refractivity contribution in [2.45, 2.75) is 19.3 Å². The fourth-order valence-corrected chi connectivity index (χ4v) is 4.94. The topological polar surface area (TPSA) is 102 Å². The van der Waals surface area contributed by atoms with Crippen LogP contribution < -0.4 is 10.4 Å². The normalized spacial score (nSPS) is 11.9. The fourth-order valence-electron chi connectivity index (χ4n) is 4.94. The van der Waals surface area contributed by atoms with Crippen LogP contribution in [0.15, 0.2) is 82.0 Å². The molecule has 0 amide bonds. The number of nitrogens with one attached hydrogen (secondary N) is 1. The number of rotatable bonds is 8. The van der Waals surface area contributed by atoms with Gasteiger partial charge in [-0.3, -0.25) is 0 Å². The van der Waals surface area contributed by atoms with E-state index in [-0.39, 0.29) is 35.5 Å². The van der Waals surface area contributed by atoms with Crippen molar-refractivity contribution in [3.63, 3.8) is 0 Å². The molecule has 0 saturated heterocycles. The number of aromatic amines is 1. The third kappa shape index (κ3) is 5.05. The summed E-state index contributed by atoms with van der Waals surface area (Å²) in [6.45, 7) is 1.42. The van der Waals surface area contributed by atoms with E-state index in [1.807, 2.05) is 6.07 Å². The minimum absolute atomic E-state index is 0.0709. The number of aromatic hydroxyl groups is 1. The molecule has 0 spiro atoms. The third-order valence-electron chi connectivity index (χ3n) is 6.69. The van der Waals surface area contributed by atoms with Crippen LogP contribution in [0.5, 0.6) is 11.5 Å². The van der Waals surface area contributed by atoms with Crippen molar-refractivity contribution in [3.05, 3.63) is 129 Å². The van der Waals surface area contributed by atoms with Crippen molar-refractivity contribution in [3.8, 4) is 11.5 Å². The van der Waals surface area contributed by atoms with E-state index in [1.165, 1.54) is 20.1 Å². The smallest absolute Gasteiger partial charge is 0.343 e. The standard InChI is InChI=1S/C31H25F2NO6/c1-17-15-25(35)28(31(37)40-17)27(22-16-18(32)11-12-23(22)33)29-20(19-7-3-5-9-24(19)34-29)13-14-39-30(36)21-8-4-6-10-26(21)38-2/h3-12,15-16,27,34-35H,13-14H2,1-2H3. The first-order chi connectivity index (χ1) is 19.3. The summed E-state index contributed by atoms with van der Waals surface area (Å²) in [5, 5.41) is 11.6. The highest BCUT2D eigenvalue weighted by molar-refractivity contribution is 5.92. The molecule has 3 aromatic carbocycles. The number of ether oxygens (including phenoxy) is 2. The first-order valence-corrected chi connectivity index (χ1v) is 12.5. The molecule has 2 N–H and O–H groups in total. The number of aromatic nitrogens is 1. The molecule has 2 heterocycles. The number of hydrogen-bond acceptors (Lipinski definition) is 6. The van der Waals surface area contributed by atoms with E-state index in [1.54, 1.807) is 42.5 Å². The minimum Gasteiger partial charge on any atom is -0.507 e. The number of carbonyl (C=O) groups is 1. The van der Waals surface area contributed by atoms with Gasteiger partial charge in [-0.25, -0.2) is 18.4 Å². The van der Waals surface area contributed by atoms with Gasteiger partial charge in [0.25, 0.3) is 0 Å². The largest absolute Gasteiger partial charge is 0.507 e. The molecule has 0 radical (unpaired) electrons. The number of fused-ring (bicyclic) bond motifs is 1. The third-order valence-corrected chi connectivity index (χ3v) is 6.69. The number of para-hydroxylation sites is 2. The van der Waals surface area contributed by atoms with Crippen LogP contribution >= 0.6 is 0 Å². The Morgan fingerprint density at radius 1 is 1.05 bits per heavy atom. The molecule has 204 valence electrons. The van der Waals surface area contributed by atoms with Gasteiger partial charge in [-0.1, -0.05) is 30.3 Å². The fraction of sp³-hybridized carbons (Fsp3) is 0.161. The highest BCUT2D eigenvalue weighted by atomic mass is 19.1. The molecule has 0 fully saturated rings. The molecule has 7 nitrogen and oxygen atoms in total. The Morgan fingerprint density at radius 2 is 1.80 bits per heavy atom. The first kappa shape index (κ1) is 26.7. The van der Waals surface area contributed by atoms with Gasteiger partial charge in [0.2, 0.25) is 0 Å². The summed E-state index contributed by atoms with van der Waals surface area (Å²) in [4.78, 5) is 29.1. The molecule has 1 atom stereocenters. The molecule has 40 heavy (non-hydrogen) atoms. The Bertz CT molecular complexity index is 1770. The van der Waals surface area contributed by atoms with Crippen LogP contribution in [-0.4, -0.2) is 29.8 Å². The Balaban J connectivity index is 1.62. The van der Waals surface area contributed by atoms with Crippen molar-refractivity contribution >= 4 is 16.9 Å². The molecule has 1 unspecified atom stereocenters. The lowest BCUT2D eigenvalue weighted by atomic mass is 9.85. The zero-order valence-electron chi connectivity index (χ0n) is 21.7. The molecule has 0 aliphatic rings. The molecule has 5 rings (SSSR count). The summed E-state index contributed by atoms with van der Waals surface area (Å²) in [5.41, 5.74) is 0.506. The number of halogens is 2. The van der Waals surface area contributed by atoms with Crippen LogP contribution in [0.25, 0.3) is 10.9 Å². The number of benzene rings is 3. The van der Waals surface area contributed by atoms with E-state index >= 15 is 4.39 Å². The lowest BCUT2D eigenvalue weighted by molar-refractivity contribution is 0.0505. The second kappa shape index (κ2) is 11.1. The van der Waals surface area contributed by atoms with E-state index in [4.69, 9.17) is 13.9 Å². The van der Waals surface area contributed by atoms with E-state index < -0.39 is 34.9 Å². The van der Waals surface area contributed by atoms with Crippen molar-refractivity contribution < 1.29 is 32.6 Å². The van der Waals surface area contributed by atoms with Crippen LogP contribution in [-0.2, 0) is 11.2 Å². The molecule has 0 bridgehead atoms. The maximum Gasteiger partial charge on any atom is 0.343 e. The summed E-state index contributed by atoms with van der Waals surface area (Å²) in [7, 11) is 1.45. The van der Waals surface area contributed by atoms with Gasteiger partial charge in [-0.15, -0.1) is 0 Å². The lowest BCUT2D eigenvalue weighted by Gasteiger charge is -2.20. The summed E-state index contributed by atoms with van der Waals surface area (Å²) in [6.07, 6.45) is 0.158.